The van der Waals surface area contributed by atoms with E-state index in [-0.39, 0.29) is 0 Å². The van der Waals surface area contributed by atoms with Crippen molar-refractivity contribution in [2.24, 2.45) is 0 Å². The maximum Gasteiger partial charge on any atom is 0.0681 e. The minimum absolute atomic E-state index is 0.836. The Kier molecular flexibility index (Phi) is 10.1. The maximum atomic E-state index is 4.39. The van der Waals surface area contributed by atoms with Gasteiger partial charge in [0.25, 0.3) is 0 Å². The fourth-order valence-electron chi connectivity index (χ4n) is 6.49. The molecule has 0 unspecified atom stereocenters. The number of rotatable bonds is 12. The van der Waals surface area contributed by atoms with Crippen LogP contribution in [0, 0.1) is 0 Å². The van der Waals surface area contributed by atoms with Gasteiger partial charge in [-0.15, -0.1) is 36.8 Å². The molecular formula is C33H42Si3. The molecule has 0 radical (unpaired) electrons. The third-order valence-corrected chi connectivity index (χ3v) is 18.4. The van der Waals surface area contributed by atoms with E-state index in [4.69, 9.17) is 0 Å². The SMILES string of the molecule is C=C[SiH](Cc1ccccc1)C1CC([SiH](C=C)Cc2ccccc2)CC([SiH](C=C)Cc2ccccc2)C1. The standard InChI is InChI=1S/C33H42Si3/c1-4-34(25-28-16-10-7-11-17-28)31-22-32(35(5-2)26-29-18-12-8-13-19-29)24-33(23-31)36(6-3)27-30-20-14-9-15-21-30/h4-21,31-36H,1-3,22-27H2. The van der Waals surface area contributed by atoms with Crippen LogP contribution in [0.3, 0.4) is 0 Å². The molecule has 0 atom stereocenters. The Bertz CT molecular complexity index is 932. The molecule has 4 rings (SSSR count). The quantitative estimate of drug-likeness (QED) is 0.216. The molecule has 1 aliphatic rings. The van der Waals surface area contributed by atoms with Gasteiger partial charge in [-0.3, -0.25) is 0 Å². The monoisotopic (exact) mass is 522 g/mol. The van der Waals surface area contributed by atoms with Crippen molar-refractivity contribution in [3.8, 4) is 0 Å². The maximum absolute atomic E-state index is 4.39. The van der Waals surface area contributed by atoms with Gasteiger partial charge in [0.2, 0.25) is 0 Å². The van der Waals surface area contributed by atoms with Crippen LogP contribution in [0.15, 0.2) is 128 Å². The average Bonchev–Trinajstić information content (AvgIpc) is 2.94. The summed E-state index contributed by atoms with van der Waals surface area (Å²) in [6, 6.07) is 37.2. The Labute approximate surface area is 224 Å². The van der Waals surface area contributed by atoms with Crippen molar-refractivity contribution in [1.82, 2.24) is 0 Å². The highest BCUT2D eigenvalue weighted by atomic mass is 28.3. The lowest BCUT2D eigenvalue weighted by Crippen LogP contribution is -2.37. The molecule has 0 spiro atoms. The summed E-state index contributed by atoms with van der Waals surface area (Å²) in [5, 5.41) is 0. The molecule has 0 heterocycles. The Hall–Kier alpha value is -2.47. The fraction of sp³-hybridized carbons (Fsp3) is 0.273. The molecule has 0 aromatic heterocycles. The van der Waals surface area contributed by atoms with E-state index in [2.05, 4.69) is 128 Å². The smallest absolute Gasteiger partial charge is 0.0681 e. The van der Waals surface area contributed by atoms with E-state index in [1.54, 1.807) is 0 Å². The van der Waals surface area contributed by atoms with Crippen molar-refractivity contribution in [2.75, 3.05) is 0 Å². The molecule has 3 heteroatoms. The Balaban J connectivity index is 1.58. The van der Waals surface area contributed by atoms with Crippen LogP contribution in [0.1, 0.15) is 36.0 Å². The van der Waals surface area contributed by atoms with E-state index in [0.29, 0.717) is 0 Å². The zero-order chi connectivity index (χ0) is 25.2. The van der Waals surface area contributed by atoms with Gasteiger partial charge in [0.05, 0.1) is 26.4 Å². The van der Waals surface area contributed by atoms with Gasteiger partial charge in [0, 0.05) is 0 Å². The lowest BCUT2D eigenvalue weighted by atomic mass is 9.98. The molecule has 3 aromatic rings. The zero-order valence-corrected chi connectivity index (χ0v) is 25.2. The summed E-state index contributed by atoms with van der Waals surface area (Å²) in [5.41, 5.74) is 14.2. The van der Waals surface area contributed by atoms with Gasteiger partial charge in [-0.05, 0) is 34.8 Å². The van der Waals surface area contributed by atoms with Crippen LogP contribution in [-0.2, 0) is 18.1 Å². The first-order valence-electron chi connectivity index (χ1n) is 13.7. The van der Waals surface area contributed by atoms with Crippen molar-refractivity contribution >= 4 is 26.4 Å². The van der Waals surface area contributed by atoms with Crippen LogP contribution in [0.2, 0.25) is 16.6 Å². The second kappa shape index (κ2) is 13.7. The molecule has 0 saturated heterocycles. The van der Waals surface area contributed by atoms with E-state index in [1.807, 2.05) is 0 Å². The summed E-state index contributed by atoms with van der Waals surface area (Å²) >= 11 is 0. The molecule has 0 bridgehead atoms. The largest absolute Gasteiger partial charge is 0.107 e. The highest BCUT2D eigenvalue weighted by Gasteiger charge is 2.38. The summed E-state index contributed by atoms with van der Waals surface area (Å²) in [4.78, 5) is 0. The van der Waals surface area contributed by atoms with Crippen molar-refractivity contribution in [3.63, 3.8) is 0 Å². The predicted molar refractivity (Wildman–Crippen MR) is 168 cm³/mol. The minimum atomic E-state index is -1.13. The van der Waals surface area contributed by atoms with Crippen LogP contribution in [-0.4, -0.2) is 26.4 Å². The number of hydrogen-bond donors (Lipinski definition) is 0. The van der Waals surface area contributed by atoms with Crippen molar-refractivity contribution in [2.45, 2.75) is 54.0 Å². The highest BCUT2D eigenvalue weighted by Crippen LogP contribution is 2.49. The zero-order valence-electron chi connectivity index (χ0n) is 21.7. The Morgan fingerprint density at radius 1 is 0.472 bits per heavy atom. The van der Waals surface area contributed by atoms with Crippen LogP contribution in [0.25, 0.3) is 0 Å². The molecule has 1 fully saturated rings. The molecule has 0 nitrogen and oxygen atoms in total. The average molecular weight is 523 g/mol. The van der Waals surface area contributed by atoms with Crippen molar-refractivity contribution in [3.05, 3.63) is 145 Å². The van der Waals surface area contributed by atoms with Crippen molar-refractivity contribution in [1.29, 1.82) is 0 Å². The van der Waals surface area contributed by atoms with E-state index in [0.717, 1.165) is 16.6 Å². The molecule has 0 aliphatic heterocycles. The van der Waals surface area contributed by atoms with Gasteiger partial charge < -0.3 is 0 Å². The van der Waals surface area contributed by atoms with Crippen LogP contribution >= 0.6 is 0 Å². The lowest BCUT2D eigenvalue weighted by molar-refractivity contribution is 0.483. The highest BCUT2D eigenvalue weighted by molar-refractivity contribution is 6.69. The van der Waals surface area contributed by atoms with Gasteiger partial charge >= 0.3 is 0 Å². The Morgan fingerprint density at radius 2 is 0.722 bits per heavy atom. The topological polar surface area (TPSA) is 0 Å². The Morgan fingerprint density at radius 3 is 0.944 bits per heavy atom. The predicted octanol–water partition coefficient (Wildman–Crippen LogP) is 7.48. The number of hydrogen-bond acceptors (Lipinski definition) is 0. The van der Waals surface area contributed by atoms with Crippen LogP contribution in [0.4, 0.5) is 0 Å². The second-order valence-corrected chi connectivity index (χ2v) is 20.2. The van der Waals surface area contributed by atoms with Crippen LogP contribution < -0.4 is 0 Å². The van der Waals surface area contributed by atoms with E-state index in [9.17, 15) is 0 Å². The third kappa shape index (κ3) is 7.28. The molecular weight excluding hydrogens is 481 g/mol. The molecule has 3 aromatic carbocycles. The van der Waals surface area contributed by atoms with Gasteiger partial charge in [0.15, 0.2) is 0 Å². The first-order valence-corrected chi connectivity index (χ1v) is 20.1. The van der Waals surface area contributed by atoms with Crippen LogP contribution in [0.5, 0.6) is 0 Å². The summed E-state index contributed by atoms with van der Waals surface area (Å²) < 4.78 is 0. The molecule has 1 aliphatic carbocycles. The molecule has 0 N–H and O–H groups in total. The first kappa shape index (κ1) is 26.6. The molecule has 0 amide bonds. The summed E-state index contributed by atoms with van der Waals surface area (Å²) in [7, 11) is -3.40. The van der Waals surface area contributed by atoms with E-state index in [1.165, 1.54) is 54.1 Å². The van der Waals surface area contributed by atoms with E-state index < -0.39 is 26.4 Å². The van der Waals surface area contributed by atoms with Gasteiger partial charge in [-0.2, -0.15) is 0 Å². The first-order chi connectivity index (χ1) is 17.7. The third-order valence-electron chi connectivity index (χ3n) is 8.48. The normalized spacial score (nSPS) is 22.2. The molecule has 36 heavy (non-hydrogen) atoms. The summed E-state index contributed by atoms with van der Waals surface area (Å²) in [5.74, 6) is 0. The number of benzene rings is 3. The summed E-state index contributed by atoms with van der Waals surface area (Å²) in [6.45, 7) is 13.2. The lowest BCUT2D eigenvalue weighted by Gasteiger charge is -2.42. The molecule has 1 saturated carbocycles. The molecule has 186 valence electrons. The van der Waals surface area contributed by atoms with Gasteiger partial charge in [-0.1, -0.05) is 127 Å². The second-order valence-electron chi connectivity index (χ2n) is 10.8. The summed E-state index contributed by atoms with van der Waals surface area (Å²) in [6.07, 6.45) is 4.18. The van der Waals surface area contributed by atoms with Gasteiger partial charge in [0.1, 0.15) is 0 Å². The minimum Gasteiger partial charge on any atom is -0.107 e. The van der Waals surface area contributed by atoms with Gasteiger partial charge in [-0.25, -0.2) is 0 Å². The van der Waals surface area contributed by atoms with E-state index >= 15 is 0 Å². The van der Waals surface area contributed by atoms with Crippen molar-refractivity contribution < 1.29 is 0 Å². The fourth-order valence-corrected chi connectivity index (χ4v) is 16.7.